The third kappa shape index (κ3) is 3.94. The number of rotatable bonds is 5. The van der Waals surface area contributed by atoms with Crippen molar-refractivity contribution in [2.75, 3.05) is 37.5 Å². The highest BCUT2D eigenvalue weighted by molar-refractivity contribution is 5.94. The lowest BCUT2D eigenvalue weighted by Crippen LogP contribution is -2.43. The zero-order valence-electron chi connectivity index (χ0n) is 17.0. The molecule has 0 aliphatic carbocycles. The Hall–Kier alpha value is -3.55. The summed E-state index contributed by atoms with van der Waals surface area (Å²) in [5.74, 6) is 1.16. The number of nitrogens with one attached hydrogen (secondary N) is 2. The summed E-state index contributed by atoms with van der Waals surface area (Å²) in [6.45, 7) is 1.11. The topological polar surface area (TPSA) is 96.5 Å². The van der Waals surface area contributed by atoms with Gasteiger partial charge in [-0.1, -0.05) is 12.1 Å². The molecule has 0 spiro atoms. The van der Waals surface area contributed by atoms with E-state index in [0.29, 0.717) is 41.6 Å². The molecule has 1 aromatic heterocycles. The Morgan fingerprint density at radius 1 is 1.20 bits per heavy atom. The van der Waals surface area contributed by atoms with Crippen molar-refractivity contribution in [1.82, 2.24) is 9.97 Å². The van der Waals surface area contributed by atoms with Gasteiger partial charge in [0, 0.05) is 19.2 Å². The molecular weight excluding hydrogens is 384 g/mol. The molecular formula is C22H24N4O4. The molecule has 0 unspecified atom stereocenters. The van der Waals surface area contributed by atoms with Gasteiger partial charge in [-0.15, -0.1) is 0 Å². The maximum Gasteiger partial charge on any atom is 0.291 e. The normalized spacial score (nSPS) is 16.3. The number of H-pyrrole nitrogens is 1. The fourth-order valence-electron chi connectivity index (χ4n) is 3.75. The number of anilines is 2. The van der Waals surface area contributed by atoms with E-state index in [4.69, 9.17) is 9.47 Å². The second-order valence-corrected chi connectivity index (χ2v) is 7.25. The van der Waals surface area contributed by atoms with Crippen molar-refractivity contribution in [3.05, 3.63) is 52.8 Å². The molecule has 156 valence electrons. The fraction of sp³-hybridized carbons (Fsp3) is 0.318. The molecule has 8 nitrogen and oxygen atoms in total. The summed E-state index contributed by atoms with van der Waals surface area (Å²) in [6.07, 6.45) is 1.54. The molecule has 4 rings (SSSR count). The number of carbonyl (C=O) groups excluding carboxylic acids is 1. The summed E-state index contributed by atoms with van der Waals surface area (Å²) < 4.78 is 10.6. The molecule has 1 amide bonds. The molecule has 1 atom stereocenters. The first-order valence-electron chi connectivity index (χ1n) is 9.86. The Morgan fingerprint density at radius 2 is 2.03 bits per heavy atom. The molecule has 0 saturated carbocycles. The number of piperidine rings is 1. The first-order valence-corrected chi connectivity index (χ1v) is 9.86. The third-order valence-corrected chi connectivity index (χ3v) is 5.34. The summed E-state index contributed by atoms with van der Waals surface area (Å²) in [4.78, 5) is 34.8. The smallest absolute Gasteiger partial charge is 0.291 e. The second kappa shape index (κ2) is 8.44. The molecule has 1 aliphatic rings. The number of benzene rings is 2. The first kappa shape index (κ1) is 19.8. The van der Waals surface area contributed by atoms with E-state index < -0.39 is 0 Å². The third-order valence-electron chi connectivity index (χ3n) is 5.34. The zero-order valence-corrected chi connectivity index (χ0v) is 17.0. The number of fused-ring (bicyclic) bond motifs is 1. The lowest BCUT2D eigenvalue weighted by Gasteiger charge is -2.32. The summed E-state index contributed by atoms with van der Waals surface area (Å²) in [6, 6.07) is 12.7. The molecule has 0 radical (unpaired) electrons. The molecule has 2 heterocycles. The van der Waals surface area contributed by atoms with E-state index in [1.54, 1.807) is 32.4 Å². The highest BCUT2D eigenvalue weighted by atomic mass is 16.5. The monoisotopic (exact) mass is 408 g/mol. The zero-order chi connectivity index (χ0) is 21.1. The van der Waals surface area contributed by atoms with Crippen LogP contribution in [0.15, 0.2) is 47.3 Å². The van der Waals surface area contributed by atoms with Crippen LogP contribution in [0.1, 0.15) is 12.8 Å². The van der Waals surface area contributed by atoms with Crippen LogP contribution in [0.2, 0.25) is 0 Å². The summed E-state index contributed by atoms with van der Waals surface area (Å²) in [7, 11) is 3.12. The van der Waals surface area contributed by atoms with E-state index in [-0.39, 0.29) is 17.4 Å². The molecule has 3 aromatic rings. The van der Waals surface area contributed by atoms with Crippen molar-refractivity contribution in [1.29, 1.82) is 0 Å². The number of carbonyl (C=O) groups is 1. The van der Waals surface area contributed by atoms with Gasteiger partial charge in [-0.25, -0.2) is 4.98 Å². The number of ether oxygens (including phenoxy) is 2. The number of hydrogen-bond acceptors (Lipinski definition) is 6. The molecule has 1 saturated heterocycles. The molecule has 2 N–H and O–H groups in total. The van der Waals surface area contributed by atoms with Crippen molar-refractivity contribution in [2.45, 2.75) is 12.8 Å². The number of nitrogens with zero attached hydrogens (tertiary/aromatic N) is 2. The van der Waals surface area contributed by atoms with Crippen LogP contribution in [0.4, 0.5) is 11.5 Å². The van der Waals surface area contributed by atoms with Crippen LogP contribution in [-0.4, -0.2) is 43.2 Å². The highest BCUT2D eigenvalue weighted by Gasteiger charge is 2.28. The van der Waals surface area contributed by atoms with Gasteiger partial charge in [0.15, 0.2) is 5.82 Å². The van der Waals surface area contributed by atoms with Gasteiger partial charge < -0.3 is 24.7 Å². The van der Waals surface area contributed by atoms with E-state index in [0.717, 1.165) is 18.4 Å². The maximum absolute atomic E-state index is 12.9. The summed E-state index contributed by atoms with van der Waals surface area (Å²) >= 11 is 0. The lowest BCUT2D eigenvalue weighted by atomic mass is 9.97. The van der Waals surface area contributed by atoms with Gasteiger partial charge in [-0.3, -0.25) is 9.59 Å². The standard InChI is InChI=1S/C22H24N4O4/c1-29-15-9-10-18(19(12-15)30-2)25-21(27)14-6-5-11-26(13-14)20-22(28)24-17-8-4-3-7-16(17)23-20/h3-4,7-10,12,14H,5-6,11,13H2,1-2H3,(H,24,28)(H,25,27)/t14-/m1/s1. The van der Waals surface area contributed by atoms with Gasteiger partial charge >= 0.3 is 0 Å². The molecule has 1 fully saturated rings. The van der Waals surface area contributed by atoms with Gasteiger partial charge in [0.05, 0.1) is 36.9 Å². The van der Waals surface area contributed by atoms with E-state index in [1.807, 2.05) is 29.2 Å². The van der Waals surface area contributed by atoms with Gasteiger partial charge in [-0.05, 0) is 37.1 Å². The minimum absolute atomic E-state index is 0.111. The van der Waals surface area contributed by atoms with Crippen molar-refractivity contribution >= 4 is 28.4 Å². The number of amides is 1. The van der Waals surface area contributed by atoms with Gasteiger partial charge in [0.1, 0.15) is 11.5 Å². The number of para-hydroxylation sites is 2. The molecule has 0 bridgehead atoms. The number of aromatic nitrogens is 2. The van der Waals surface area contributed by atoms with E-state index in [9.17, 15) is 9.59 Å². The van der Waals surface area contributed by atoms with E-state index in [1.165, 1.54) is 0 Å². The predicted octanol–water partition coefficient (Wildman–Crippen LogP) is 2.80. The average molecular weight is 408 g/mol. The van der Waals surface area contributed by atoms with Crippen LogP contribution >= 0.6 is 0 Å². The number of hydrogen-bond donors (Lipinski definition) is 2. The molecule has 1 aliphatic heterocycles. The second-order valence-electron chi connectivity index (χ2n) is 7.25. The van der Waals surface area contributed by atoms with Crippen LogP contribution in [0.3, 0.4) is 0 Å². The SMILES string of the molecule is COc1ccc(NC(=O)[C@@H]2CCCN(c3nc4ccccc4[nH]c3=O)C2)c(OC)c1. The van der Waals surface area contributed by atoms with Crippen LogP contribution in [0.5, 0.6) is 11.5 Å². The Kier molecular flexibility index (Phi) is 5.56. The van der Waals surface area contributed by atoms with Crippen LogP contribution < -0.4 is 25.2 Å². The van der Waals surface area contributed by atoms with Crippen molar-refractivity contribution < 1.29 is 14.3 Å². The van der Waals surface area contributed by atoms with Crippen molar-refractivity contribution in [3.8, 4) is 11.5 Å². The van der Waals surface area contributed by atoms with Crippen LogP contribution in [0, 0.1) is 5.92 Å². The van der Waals surface area contributed by atoms with E-state index in [2.05, 4.69) is 15.3 Å². The quantitative estimate of drug-likeness (QED) is 0.674. The van der Waals surface area contributed by atoms with Gasteiger partial charge in [-0.2, -0.15) is 0 Å². The fourth-order valence-corrected chi connectivity index (χ4v) is 3.75. The van der Waals surface area contributed by atoms with E-state index >= 15 is 0 Å². The van der Waals surface area contributed by atoms with Gasteiger partial charge in [0.2, 0.25) is 5.91 Å². The average Bonchev–Trinajstić information content (AvgIpc) is 2.78. The number of methoxy groups -OCH3 is 2. The largest absolute Gasteiger partial charge is 0.497 e. The van der Waals surface area contributed by atoms with Crippen molar-refractivity contribution in [2.24, 2.45) is 5.92 Å². The summed E-state index contributed by atoms with van der Waals surface area (Å²) in [5, 5.41) is 2.95. The Labute approximate surface area is 173 Å². The molecule has 8 heteroatoms. The Bertz CT molecular complexity index is 1130. The first-order chi connectivity index (χ1) is 14.6. The lowest BCUT2D eigenvalue weighted by molar-refractivity contribution is -0.120. The van der Waals surface area contributed by atoms with Crippen molar-refractivity contribution in [3.63, 3.8) is 0 Å². The molecule has 2 aromatic carbocycles. The minimum atomic E-state index is -0.266. The predicted molar refractivity (Wildman–Crippen MR) is 115 cm³/mol. The van der Waals surface area contributed by atoms with Gasteiger partial charge in [0.25, 0.3) is 5.56 Å². The molecule has 30 heavy (non-hydrogen) atoms. The van der Waals surface area contributed by atoms with Crippen LogP contribution in [0.25, 0.3) is 11.0 Å². The maximum atomic E-state index is 12.9. The highest BCUT2D eigenvalue weighted by Crippen LogP contribution is 2.30. The summed E-state index contributed by atoms with van der Waals surface area (Å²) in [5.41, 5.74) is 1.76. The van der Waals surface area contributed by atoms with Crippen LogP contribution in [-0.2, 0) is 4.79 Å². The minimum Gasteiger partial charge on any atom is -0.497 e. The Morgan fingerprint density at radius 3 is 2.83 bits per heavy atom. The number of aromatic amines is 1. The Balaban J connectivity index is 1.52.